The molecule has 0 aliphatic carbocycles. The summed E-state index contributed by atoms with van der Waals surface area (Å²) < 4.78 is 18.7. The molecule has 0 aliphatic heterocycles. The monoisotopic (exact) mass is 279 g/mol. The van der Waals surface area contributed by atoms with Crippen molar-refractivity contribution >= 4 is 11.6 Å². The Morgan fingerprint density at radius 3 is 2.47 bits per heavy atom. The molecule has 100 valence electrons. The molecule has 0 saturated heterocycles. The van der Waals surface area contributed by atoms with E-state index in [0.717, 1.165) is 11.1 Å². The van der Waals surface area contributed by atoms with E-state index in [9.17, 15) is 4.39 Å². The minimum atomic E-state index is -0.373. The average Bonchev–Trinajstić information content (AvgIpc) is 2.40. The Hall–Kier alpha value is -1.58. The third kappa shape index (κ3) is 3.06. The summed E-state index contributed by atoms with van der Waals surface area (Å²) in [7, 11) is 3.28. The van der Waals surface area contributed by atoms with Crippen LogP contribution in [0, 0.1) is 5.82 Å². The predicted octanol–water partition coefficient (Wildman–Crippen LogP) is 3.80. The van der Waals surface area contributed by atoms with Crippen LogP contribution in [-0.4, -0.2) is 14.2 Å². The zero-order valence-corrected chi connectivity index (χ0v) is 11.5. The van der Waals surface area contributed by atoms with Gasteiger partial charge >= 0.3 is 0 Å². The van der Waals surface area contributed by atoms with Gasteiger partial charge in [0, 0.05) is 5.02 Å². The molecule has 0 aromatic heterocycles. The Morgan fingerprint density at radius 2 is 1.89 bits per heavy atom. The highest BCUT2D eigenvalue weighted by molar-refractivity contribution is 6.30. The highest BCUT2D eigenvalue weighted by atomic mass is 35.5. The lowest BCUT2D eigenvalue weighted by Gasteiger charge is -2.18. The van der Waals surface area contributed by atoms with Crippen LogP contribution in [0.1, 0.15) is 17.2 Å². The predicted molar refractivity (Wildman–Crippen MR) is 75.3 cm³/mol. The van der Waals surface area contributed by atoms with E-state index in [-0.39, 0.29) is 17.6 Å². The minimum Gasteiger partial charge on any atom is -0.494 e. The van der Waals surface area contributed by atoms with Gasteiger partial charge in [-0.05, 0) is 42.4 Å². The summed E-state index contributed by atoms with van der Waals surface area (Å²) >= 11 is 5.99. The van der Waals surface area contributed by atoms with Crippen molar-refractivity contribution in [3.05, 3.63) is 64.4 Å². The maximum absolute atomic E-state index is 13.8. The summed E-state index contributed by atoms with van der Waals surface area (Å²) in [5, 5.41) is 3.82. The number of halogens is 2. The highest BCUT2D eigenvalue weighted by Gasteiger charge is 2.14. The Bertz CT molecular complexity index is 574. The van der Waals surface area contributed by atoms with Gasteiger partial charge in [-0.3, -0.25) is 0 Å². The standard InChI is InChI=1S/C15H15ClFNO/c1-18-15(10-4-3-5-12(16)8-10)11-6-7-14(19-2)13(17)9-11/h3-9,15,18H,1-2H3. The number of ether oxygens (including phenoxy) is 1. The van der Waals surface area contributed by atoms with E-state index < -0.39 is 0 Å². The summed E-state index contributed by atoms with van der Waals surface area (Å²) in [6, 6.07) is 12.3. The van der Waals surface area contributed by atoms with Gasteiger partial charge in [0.15, 0.2) is 11.6 Å². The molecule has 0 bridgehead atoms. The van der Waals surface area contributed by atoms with Gasteiger partial charge in [-0.15, -0.1) is 0 Å². The Kier molecular flexibility index (Phi) is 4.40. The molecule has 2 aromatic rings. The Morgan fingerprint density at radius 1 is 1.16 bits per heavy atom. The van der Waals surface area contributed by atoms with E-state index in [1.54, 1.807) is 6.07 Å². The molecule has 19 heavy (non-hydrogen) atoms. The van der Waals surface area contributed by atoms with E-state index in [1.807, 2.05) is 37.4 Å². The topological polar surface area (TPSA) is 21.3 Å². The first-order valence-electron chi connectivity index (χ1n) is 5.92. The van der Waals surface area contributed by atoms with Gasteiger partial charge in [0.05, 0.1) is 13.2 Å². The van der Waals surface area contributed by atoms with Crippen molar-refractivity contribution in [1.82, 2.24) is 5.32 Å². The fourth-order valence-electron chi connectivity index (χ4n) is 2.07. The summed E-state index contributed by atoms with van der Waals surface area (Å²) in [4.78, 5) is 0. The summed E-state index contributed by atoms with van der Waals surface area (Å²) in [6.45, 7) is 0. The molecule has 0 radical (unpaired) electrons. The largest absolute Gasteiger partial charge is 0.494 e. The third-order valence-corrected chi connectivity index (χ3v) is 3.21. The van der Waals surface area contributed by atoms with Crippen LogP contribution in [0.15, 0.2) is 42.5 Å². The summed E-state index contributed by atoms with van der Waals surface area (Å²) in [5.41, 5.74) is 1.81. The SMILES string of the molecule is CNC(c1cccc(Cl)c1)c1ccc(OC)c(F)c1. The second-order valence-corrected chi connectivity index (χ2v) is 4.61. The molecule has 1 N–H and O–H groups in total. The fraction of sp³-hybridized carbons (Fsp3) is 0.200. The highest BCUT2D eigenvalue weighted by Crippen LogP contribution is 2.27. The van der Waals surface area contributed by atoms with E-state index in [2.05, 4.69) is 5.32 Å². The number of rotatable bonds is 4. The van der Waals surface area contributed by atoms with Crippen molar-refractivity contribution in [2.75, 3.05) is 14.2 Å². The smallest absolute Gasteiger partial charge is 0.165 e. The van der Waals surface area contributed by atoms with Crippen LogP contribution in [0.3, 0.4) is 0 Å². The van der Waals surface area contributed by atoms with Gasteiger partial charge in [0.25, 0.3) is 0 Å². The molecule has 0 amide bonds. The quantitative estimate of drug-likeness (QED) is 0.919. The number of methoxy groups -OCH3 is 1. The first-order chi connectivity index (χ1) is 9.15. The van der Waals surface area contributed by atoms with Crippen LogP contribution >= 0.6 is 11.6 Å². The molecule has 2 nitrogen and oxygen atoms in total. The molecule has 2 aromatic carbocycles. The van der Waals surface area contributed by atoms with Crippen LogP contribution in [0.4, 0.5) is 4.39 Å². The average molecular weight is 280 g/mol. The summed E-state index contributed by atoms with van der Waals surface area (Å²) in [6.07, 6.45) is 0. The van der Waals surface area contributed by atoms with Crippen molar-refractivity contribution < 1.29 is 9.13 Å². The van der Waals surface area contributed by atoms with Crippen molar-refractivity contribution in [3.8, 4) is 5.75 Å². The lowest BCUT2D eigenvalue weighted by Crippen LogP contribution is -2.17. The first kappa shape index (κ1) is 13.8. The van der Waals surface area contributed by atoms with Crippen molar-refractivity contribution in [1.29, 1.82) is 0 Å². The molecule has 1 atom stereocenters. The minimum absolute atomic E-state index is 0.112. The molecule has 1 unspecified atom stereocenters. The second-order valence-electron chi connectivity index (χ2n) is 4.17. The van der Waals surface area contributed by atoms with Crippen molar-refractivity contribution in [3.63, 3.8) is 0 Å². The van der Waals surface area contributed by atoms with Crippen LogP contribution < -0.4 is 10.1 Å². The van der Waals surface area contributed by atoms with Gasteiger partial charge in [-0.2, -0.15) is 0 Å². The van der Waals surface area contributed by atoms with Crippen LogP contribution in [0.5, 0.6) is 5.75 Å². The van der Waals surface area contributed by atoms with E-state index >= 15 is 0 Å². The zero-order valence-electron chi connectivity index (χ0n) is 10.8. The normalized spacial score (nSPS) is 12.2. The lowest BCUT2D eigenvalue weighted by atomic mass is 9.98. The molecule has 0 saturated carbocycles. The Balaban J connectivity index is 2.39. The molecular weight excluding hydrogens is 265 g/mol. The van der Waals surface area contributed by atoms with E-state index in [1.165, 1.54) is 13.2 Å². The Labute approximate surface area is 117 Å². The van der Waals surface area contributed by atoms with Gasteiger partial charge < -0.3 is 10.1 Å². The number of hydrogen-bond donors (Lipinski definition) is 1. The van der Waals surface area contributed by atoms with Crippen molar-refractivity contribution in [2.45, 2.75) is 6.04 Å². The van der Waals surface area contributed by atoms with Gasteiger partial charge in [0.1, 0.15) is 0 Å². The zero-order chi connectivity index (χ0) is 13.8. The van der Waals surface area contributed by atoms with Gasteiger partial charge in [-0.25, -0.2) is 4.39 Å². The third-order valence-electron chi connectivity index (χ3n) is 2.98. The molecular formula is C15H15ClFNO. The van der Waals surface area contributed by atoms with E-state index in [4.69, 9.17) is 16.3 Å². The summed E-state index contributed by atoms with van der Waals surface area (Å²) in [5.74, 6) is -0.132. The molecule has 4 heteroatoms. The van der Waals surface area contributed by atoms with Crippen LogP contribution in [-0.2, 0) is 0 Å². The van der Waals surface area contributed by atoms with Crippen molar-refractivity contribution in [2.24, 2.45) is 0 Å². The number of benzene rings is 2. The second kappa shape index (κ2) is 6.04. The van der Waals surface area contributed by atoms with Crippen LogP contribution in [0.25, 0.3) is 0 Å². The lowest BCUT2D eigenvalue weighted by molar-refractivity contribution is 0.386. The maximum Gasteiger partial charge on any atom is 0.165 e. The van der Waals surface area contributed by atoms with Crippen LogP contribution in [0.2, 0.25) is 5.02 Å². The molecule has 2 rings (SSSR count). The fourth-order valence-corrected chi connectivity index (χ4v) is 2.27. The number of nitrogens with one attached hydrogen (secondary N) is 1. The molecule has 0 fully saturated rings. The molecule has 0 aliphatic rings. The molecule has 0 heterocycles. The van der Waals surface area contributed by atoms with Gasteiger partial charge in [-0.1, -0.05) is 29.8 Å². The first-order valence-corrected chi connectivity index (χ1v) is 6.29. The molecule has 0 spiro atoms. The van der Waals surface area contributed by atoms with Gasteiger partial charge in [0.2, 0.25) is 0 Å². The number of hydrogen-bond acceptors (Lipinski definition) is 2. The van der Waals surface area contributed by atoms with E-state index in [0.29, 0.717) is 5.02 Å². The maximum atomic E-state index is 13.8.